The molecule has 1 atom stereocenters. The predicted octanol–water partition coefficient (Wildman–Crippen LogP) is 6.19. The second-order valence-electron chi connectivity index (χ2n) is 12.4. The van der Waals surface area contributed by atoms with E-state index in [1.165, 1.54) is 24.3 Å². The molecule has 1 aromatic heterocycles. The quantitative estimate of drug-likeness (QED) is 0.185. The number of hydrogen-bond donors (Lipinski definition) is 2. The number of nitro benzene ring substituents is 1. The molecule has 3 N–H and O–H groups in total. The van der Waals surface area contributed by atoms with Gasteiger partial charge in [0.25, 0.3) is 11.6 Å². The van der Waals surface area contributed by atoms with Crippen molar-refractivity contribution >= 4 is 41.0 Å². The lowest BCUT2D eigenvalue weighted by Crippen LogP contribution is -2.44. The van der Waals surface area contributed by atoms with Crippen molar-refractivity contribution in [2.45, 2.75) is 46.1 Å². The van der Waals surface area contributed by atoms with Crippen LogP contribution in [0.2, 0.25) is 0 Å². The Labute approximate surface area is 283 Å². The summed E-state index contributed by atoms with van der Waals surface area (Å²) in [5.41, 5.74) is 9.35. The summed E-state index contributed by atoms with van der Waals surface area (Å²) < 4.78 is 12.6. The van der Waals surface area contributed by atoms with Crippen molar-refractivity contribution in [2.24, 2.45) is 23.7 Å². The van der Waals surface area contributed by atoms with Crippen molar-refractivity contribution in [2.75, 3.05) is 11.9 Å². The molecule has 0 bridgehead atoms. The number of rotatable bonds is 5. The number of aliphatic imine (C=N–C) groups is 1. The van der Waals surface area contributed by atoms with Gasteiger partial charge in [-0.2, -0.15) is 0 Å². The fourth-order valence-corrected chi connectivity index (χ4v) is 5.32. The molecule has 0 fully saturated rings. The fourth-order valence-electron chi connectivity index (χ4n) is 5.32. The highest BCUT2D eigenvalue weighted by Gasteiger charge is 2.35. The summed E-state index contributed by atoms with van der Waals surface area (Å²) in [5.74, 6) is 6.31. The van der Waals surface area contributed by atoms with Gasteiger partial charge in [0.1, 0.15) is 22.9 Å². The van der Waals surface area contributed by atoms with Gasteiger partial charge >= 0.3 is 12.2 Å². The maximum absolute atomic E-state index is 13.5. The molecule has 13 heteroatoms. The molecule has 0 radical (unpaired) electrons. The predicted molar refractivity (Wildman–Crippen MR) is 184 cm³/mol. The lowest BCUT2D eigenvalue weighted by atomic mass is 10.0. The molecule has 5 rings (SSSR count). The van der Waals surface area contributed by atoms with Crippen LogP contribution in [0.1, 0.15) is 61.4 Å². The number of amides is 3. The van der Waals surface area contributed by atoms with E-state index in [-0.39, 0.29) is 23.9 Å². The molecule has 0 saturated carbocycles. The van der Waals surface area contributed by atoms with E-state index in [4.69, 9.17) is 20.2 Å². The first-order valence-electron chi connectivity index (χ1n) is 15.6. The second-order valence-corrected chi connectivity index (χ2v) is 12.4. The van der Waals surface area contributed by atoms with Crippen molar-refractivity contribution in [1.29, 1.82) is 0 Å². The Morgan fingerprint density at radius 3 is 2.55 bits per heavy atom. The number of anilines is 1. The lowest BCUT2D eigenvalue weighted by Gasteiger charge is -2.28. The van der Waals surface area contributed by atoms with Crippen LogP contribution >= 0.6 is 0 Å². The number of amidine groups is 1. The van der Waals surface area contributed by atoms with Crippen LogP contribution < -0.4 is 15.8 Å². The summed E-state index contributed by atoms with van der Waals surface area (Å²) in [6.07, 6.45) is 3.49. The van der Waals surface area contributed by atoms with Crippen LogP contribution in [0.5, 0.6) is 5.75 Å². The van der Waals surface area contributed by atoms with Gasteiger partial charge in [0.2, 0.25) is 0 Å². The van der Waals surface area contributed by atoms with Crippen LogP contribution in [0.15, 0.2) is 77.3 Å². The molecule has 2 aromatic carbocycles. The highest BCUT2D eigenvalue weighted by Crippen LogP contribution is 2.32. The third-order valence-electron chi connectivity index (χ3n) is 7.78. The van der Waals surface area contributed by atoms with Crippen molar-refractivity contribution in [3.8, 4) is 17.6 Å². The van der Waals surface area contributed by atoms with Crippen LogP contribution in [-0.2, 0) is 18.2 Å². The van der Waals surface area contributed by atoms with E-state index < -0.39 is 28.6 Å². The van der Waals surface area contributed by atoms with E-state index >= 15 is 0 Å². The maximum Gasteiger partial charge on any atom is 0.417 e. The third-order valence-corrected chi connectivity index (χ3v) is 7.78. The Morgan fingerprint density at radius 1 is 1.14 bits per heavy atom. The molecule has 3 aromatic rings. The number of nitrogens with two attached hydrogens (primary N) is 1. The minimum absolute atomic E-state index is 0.121. The molecule has 1 unspecified atom stereocenters. The average Bonchev–Trinajstić information content (AvgIpc) is 3.28. The van der Waals surface area contributed by atoms with Gasteiger partial charge in [0.05, 0.1) is 21.8 Å². The molecule has 2 aliphatic rings. The zero-order valence-electron chi connectivity index (χ0n) is 27.8. The molecule has 3 heterocycles. The van der Waals surface area contributed by atoms with Crippen molar-refractivity contribution in [1.82, 2.24) is 9.47 Å². The number of fused-ring (bicyclic) bond motifs is 1. The number of allylic oxidation sites excluding steroid dienone is 2. The van der Waals surface area contributed by atoms with Crippen molar-refractivity contribution < 1.29 is 28.8 Å². The second kappa shape index (κ2) is 13.9. The van der Waals surface area contributed by atoms with Gasteiger partial charge in [0, 0.05) is 55.0 Å². The minimum atomic E-state index is -0.779. The highest BCUT2D eigenvalue weighted by molar-refractivity contribution is 6.05. The average molecular weight is 665 g/mol. The molecular formula is C36H36N6O7. The van der Waals surface area contributed by atoms with E-state index in [2.05, 4.69) is 17.2 Å². The molecule has 0 saturated heterocycles. The summed E-state index contributed by atoms with van der Waals surface area (Å²) in [4.78, 5) is 55.0. The van der Waals surface area contributed by atoms with Crippen molar-refractivity contribution in [3.05, 3.63) is 105 Å². The van der Waals surface area contributed by atoms with Gasteiger partial charge in [0.15, 0.2) is 0 Å². The van der Waals surface area contributed by atoms with E-state index in [0.717, 1.165) is 17.0 Å². The van der Waals surface area contributed by atoms with Gasteiger partial charge in [-0.3, -0.25) is 20.2 Å². The smallest absolute Gasteiger partial charge is 0.417 e. The standard InChI is InChI=1S/C36H36N6O7/c1-6-23-12-13-24(11-10-22-8-7-9-25(20-22)38-34(44)48-27-16-14-26(15-17-27)42(46)47)31(39-32(23)37)30-21-28-29(40(30)5)18-19-41(33(28)43)35(45)49-36(2,3)4/h7-9,12-17,20-21,23H,6,18-19H2,1-5H3,(H2,37,39)(H,38,44). The largest absolute Gasteiger partial charge is 0.443 e. The summed E-state index contributed by atoms with van der Waals surface area (Å²) >= 11 is 0. The van der Waals surface area contributed by atoms with Gasteiger partial charge < -0.3 is 19.8 Å². The van der Waals surface area contributed by atoms with Gasteiger partial charge in [-0.25, -0.2) is 19.5 Å². The van der Waals surface area contributed by atoms with Crippen LogP contribution in [0.4, 0.5) is 21.0 Å². The summed E-state index contributed by atoms with van der Waals surface area (Å²) in [7, 11) is 1.84. The number of imide groups is 1. The number of ether oxygens (including phenoxy) is 2. The van der Waals surface area contributed by atoms with Crippen LogP contribution in [-0.4, -0.2) is 50.5 Å². The first-order chi connectivity index (χ1) is 23.2. The first kappa shape index (κ1) is 34.2. The number of carbonyl (C=O) groups is 3. The van der Waals surface area contributed by atoms with Crippen LogP contribution in [0.3, 0.4) is 0 Å². The maximum atomic E-state index is 13.5. The molecular weight excluding hydrogens is 628 g/mol. The fraction of sp³-hybridized carbons (Fsp3) is 0.278. The monoisotopic (exact) mass is 664 g/mol. The Balaban J connectivity index is 1.44. The topological polar surface area (TPSA) is 171 Å². The van der Waals surface area contributed by atoms with Crippen molar-refractivity contribution in [3.63, 3.8) is 0 Å². The summed E-state index contributed by atoms with van der Waals surface area (Å²) in [6.45, 7) is 7.43. The molecule has 13 nitrogen and oxygen atoms in total. The van der Waals surface area contributed by atoms with E-state index in [1.807, 2.05) is 30.7 Å². The Bertz CT molecular complexity index is 1990. The van der Waals surface area contributed by atoms with Crippen LogP contribution in [0, 0.1) is 27.9 Å². The summed E-state index contributed by atoms with van der Waals surface area (Å²) in [5, 5.41) is 13.5. The number of aromatic nitrogens is 1. The van der Waals surface area contributed by atoms with E-state index in [1.54, 1.807) is 51.1 Å². The molecule has 252 valence electrons. The molecule has 0 spiro atoms. The number of hydrogen-bond acceptors (Lipinski definition) is 9. The number of carbonyl (C=O) groups excluding carboxylic acids is 3. The zero-order chi connectivity index (χ0) is 35.5. The number of non-ortho nitro benzene ring substituents is 1. The number of nitrogens with one attached hydrogen (secondary N) is 1. The summed E-state index contributed by atoms with van der Waals surface area (Å²) in [6, 6.07) is 13.7. The van der Waals surface area contributed by atoms with Crippen LogP contribution in [0.25, 0.3) is 5.70 Å². The SMILES string of the molecule is CCC1C=CC(C#Cc2cccc(NC(=O)Oc3ccc([N+](=O)[O-])cc3)c2)=C(c2cc3c(n2C)CCN(C(=O)OC(C)(C)C)C3=O)N=C1N. The number of nitro groups is 1. The lowest BCUT2D eigenvalue weighted by molar-refractivity contribution is -0.384. The Morgan fingerprint density at radius 2 is 1.88 bits per heavy atom. The van der Waals surface area contributed by atoms with Gasteiger partial charge in [-0.05, 0) is 69.7 Å². The number of benzene rings is 2. The highest BCUT2D eigenvalue weighted by atomic mass is 16.6. The zero-order valence-corrected chi connectivity index (χ0v) is 27.8. The normalized spacial score (nSPS) is 15.8. The van der Waals surface area contributed by atoms with E-state index in [9.17, 15) is 24.5 Å². The number of nitrogens with zero attached hydrogens (tertiary/aromatic N) is 4. The first-order valence-corrected chi connectivity index (χ1v) is 15.6. The van der Waals surface area contributed by atoms with Gasteiger partial charge in [-0.15, -0.1) is 0 Å². The molecule has 2 aliphatic heterocycles. The molecule has 49 heavy (non-hydrogen) atoms. The molecule has 0 aliphatic carbocycles. The third kappa shape index (κ3) is 7.87. The Hall–Kier alpha value is -6.16. The minimum Gasteiger partial charge on any atom is -0.443 e. The van der Waals surface area contributed by atoms with E-state index in [0.29, 0.717) is 46.0 Å². The molecule has 3 amide bonds. The Kier molecular flexibility index (Phi) is 9.70. The van der Waals surface area contributed by atoms with Gasteiger partial charge in [-0.1, -0.05) is 30.9 Å².